The zero-order valence-electron chi connectivity index (χ0n) is 14.6. The molecule has 1 aromatic rings. The Kier molecular flexibility index (Phi) is 7.41. The molecule has 0 unspecified atom stereocenters. The summed E-state index contributed by atoms with van der Waals surface area (Å²) in [5.74, 6) is -1.75. The van der Waals surface area contributed by atoms with E-state index >= 15 is 0 Å². The number of halogens is 1. The van der Waals surface area contributed by atoms with Crippen LogP contribution in [0.15, 0.2) is 28.7 Å². The van der Waals surface area contributed by atoms with Crippen molar-refractivity contribution in [2.75, 3.05) is 0 Å². The summed E-state index contributed by atoms with van der Waals surface area (Å²) in [7, 11) is 0. The highest BCUT2D eigenvalue weighted by Crippen LogP contribution is 2.12. The van der Waals surface area contributed by atoms with Crippen LogP contribution in [0, 0.1) is 0 Å². The quantitative estimate of drug-likeness (QED) is 0.662. The number of aliphatic carboxylic acids is 1. The summed E-state index contributed by atoms with van der Waals surface area (Å²) in [5.41, 5.74) is 0.0782. The topological polar surface area (TPSA) is 105 Å². The Morgan fingerprint density at radius 2 is 1.72 bits per heavy atom. The molecule has 0 aliphatic rings. The molecule has 8 heteroatoms. The minimum atomic E-state index is -1.15. The summed E-state index contributed by atoms with van der Waals surface area (Å²) < 4.78 is 5.94. The van der Waals surface area contributed by atoms with Gasteiger partial charge in [0.05, 0.1) is 0 Å². The van der Waals surface area contributed by atoms with E-state index in [1.807, 2.05) is 0 Å². The minimum Gasteiger partial charge on any atom is -0.480 e. The molecule has 0 aromatic heterocycles. The molecular weight excluding hydrogens is 392 g/mol. The van der Waals surface area contributed by atoms with E-state index < -0.39 is 35.7 Å². The van der Waals surface area contributed by atoms with Crippen molar-refractivity contribution >= 4 is 33.9 Å². The second-order valence-electron chi connectivity index (χ2n) is 6.60. The Labute approximate surface area is 155 Å². The number of hydrogen-bond acceptors (Lipinski definition) is 4. The Bertz CT molecular complexity index is 625. The van der Waals surface area contributed by atoms with Gasteiger partial charge < -0.3 is 20.5 Å². The zero-order valence-corrected chi connectivity index (χ0v) is 16.2. The van der Waals surface area contributed by atoms with E-state index in [1.165, 1.54) is 6.92 Å². The van der Waals surface area contributed by atoms with Gasteiger partial charge in [0.1, 0.15) is 17.7 Å². The molecule has 3 N–H and O–H groups in total. The maximum atomic E-state index is 12.2. The van der Waals surface area contributed by atoms with Crippen LogP contribution in [-0.4, -0.2) is 40.8 Å². The number of nitrogens with one attached hydrogen (secondary N) is 2. The van der Waals surface area contributed by atoms with Crippen LogP contribution in [0.4, 0.5) is 4.79 Å². The van der Waals surface area contributed by atoms with Crippen LogP contribution in [0.3, 0.4) is 0 Å². The van der Waals surface area contributed by atoms with E-state index in [9.17, 15) is 19.5 Å². The molecule has 0 aliphatic heterocycles. The molecule has 0 saturated carbocycles. The van der Waals surface area contributed by atoms with Crippen LogP contribution < -0.4 is 10.6 Å². The second-order valence-corrected chi connectivity index (χ2v) is 7.51. The maximum absolute atomic E-state index is 12.2. The van der Waals surface area contributed by atoms with Gasteiger partial charge in [0.25, 0.3) is 0 Å². The van der Waals surface area contributed by atoms with Crippen molar-refractivity contribution in [3.8, 4) is 0 Å². The van der Waals surface area contributed by atoms with Gasteiger partial charge >= 0.3 is 12.1 Å². The summed E-state index contributed by atoms with van der Waals surface area (Å²) >= 11 is 3.31. The molecule has 1 aromatic carbocycles. The van der Waals surface area contributed by atoms with E-state index in [0.29, 0.717) is 0 Å². The lowest BCUT2D eigenvalue weighted by Crippen LogP contribution is -2.51. The number of alkyl carbamates (subject to hydrolysis) is 1. The third kappa shape index (κ3) is 8.02. The predicted molar refractivity (Wildman–Crippen MR) is 96.2 cm³/mol. The van der Waals surface area contributed by atoms with Crippen LogP contribution in [0.1, 0.15) is 33.3 Å². The number of carbonyl (C=O) groups is 3. The van der Waals surface area contributed by atoms with Crippen molar-refractivity contribution in [2.24, 2.45) is 0 Å². The number of hydrogen-bond donors (Lipinski definition) is 3. The van der Waals surface area contributed by atoms with Crippen molar-refractivity contribution < 1.29 is 24.2 Å². The summed E-state index contributed by atoms with van der Waals surface area (Å²) in [6, 6.07) is 5.10. The van der Waals surface area contributed by atoms with Crippen LogP contribution in [0.2, 0.25) is 0 Å². The fourth-order valence-corrected chi connectivity index (χ4v) is 2.17. The lowest BCUT2D eigenvalue weighted by Gasteiger charge is -2.22. The first-order valence-corrected chi connectivity index (χ1v) is 8.54. The van der Waals surface area contributed by atoms with E-state index in [2.05, 4.69) is 26.6 Å². The average Bonchev–Trinajstić information content (AvgIpc) is 2.46. The molecule has 2 amide bonds. The molecule has 138 valence electrons. The van der Waals surface area contributed by atoms with Crippen molar-refractivity contribution in [1.82, 2.24) is 10.6 Å². The van der Waals surface area contributed by atoms with E-state index in [4.69, 9.17) is 4.74 Å². The minimum absolute atomic E-state index is 0.132. The molecule has 0 saturated heterocycles. The van der Waals surface area contributed by atoms with Crippen molar-refractivity contribution in [1.29, 1.82) is 0 Å². The monoisotopic (exact) mass is 414 g/mol. The number of ether oxygens (including phenoxy) is 1. The molecule has 0 heterocycles. The maximum Gasteiger partial charge on any atom is 0.408 e. The second kappa shape index (κ2) is 8.84. The Balaban J connectivity index is 2.64. The molecule has 0 radical (unpaired) electrons. The molecule has 25 heavy (non-hydrogen) atoms. The Hall–Kier alpha value is -2.09. The average molecular weight is 415 g/mol. The summed E-state index contributed by atoms with van der Waals surface area (Å²) in [6.07, 6.45) is -0.608. The van der Waals surface area contributed by atoms with Gasteiger partial charge in [0.15, 0.2) is 0 Å². The van der Waals surface area contributed by atoms with Crippen LogP contribution >= 0.6 is 15.9 Å². The highest BCUT2D eigenvalue weighted by Gasteiger charge is 2.25. The number of carboxylic acids is 1. The summed E-state index contributed by atoms with van der Waals surface area (Å²) in [5, 5.41) is 14.1. The molecule has 1 rings (SSSR count). The summed E-state index contributed by atoms with van der Waals surface area (Å²) in [6.45, 7) is 6.57. The normalized spacial score (nSPS) is 13.5. The van der Waals surface area contributed by atoms with Gasteiger partial charge in [0, 0.05) is 10.9 Å². The Morgan fingerprint density at radius 1 is 1.16 bits per heavy atom. The first-order chi connectivity index (χ1) is 11.5. The van der Waals surface area contributed by atoms with Crippen LogP contribution in [-0.2, 0) is 20.7 Å². The first kappa shape index (κ1) is 21.0. The highest BCUT2D eigenvalue weighted by atomic mass is 79.9. The molecule has 0 bridgehead atoms. The third-order valence-electron chi connectivity index (χ3n) is 3.09. The van der Waals surface area contributed by atoms with Crippen molar-refractivity contribution in [3.63, 3.8) is 0 Å². The van der Waals surface area contributed by atoms with Gasteiger partial charge in [-0.05, 0) is 45.4 Å². The molecule has 7 nitrogen and oxygen atoms in total. The molecular formula is C17H23BrN2O5. The fourth-order valence-electron chi connectivity index (χ4n) is 1.90. The van der Waals surface area contributed by atoms with Crippen molar-refractivity contribution in [2.45, 2.75) is 51.8 Å². The van der Waals surface area contributed by atoms with E-state index in [1.54, 1.807) is 45.0 Å². The highest BCUT2D eigenvalue weighted by molar-refractivity contribution is 9.10. The molecule has 0 fully saturated rings. The number of carboxylic acid groups (broad SMARTS) is 1. The lowest BCUT2D eigenvalue weighted by atomic mass is 10.1. The van der Waals surface area contributed by atoms with Gasteiger partial charge in [-0.15, -0.1) is 0 Å². The molecule has 0 spiro atoms. The largest absolute Gasteiger partial charge is 0.480 e. The van der Waals surface area contributed by atoms with E-state index in [0.717, 1.165) is 10.0 Å². The molecule has 0 aliphatic carbocycles. The molecule has 2 atom stereocenters. The van der Waals surface area contributed by atoms with E-state index in [-0.39, 0.29) is 6.42 Å². The zero-order chi connectivity index (χ0) is 19.2. The SMILES string of the molecule is C[C@@H](NC(=O)OC(C)(C)C)C(=O)N[C@@H](Cc1ccc(Br)cc1)C(=O)O. The lowest BCUT2D eigenvalue weighted by molar-refractivity contribution is -0.142. The van der Waals surface area contributed by atoms with Crippen LogP contribution in [0.5, 0.6) is 0 Å². The Morgan fingerprint density at radius 3 is 2.20 bits per heavy atom. The van der Waals surface area contributed by atoms with Gasteiger partial charge in [-0.25, -0.2) is 9.59 Å². The van der Waals surface area contributed by atoms with Crippen molar-refractivity contribution in [3.05, 3.63) is 34.3 Å². The van der Waals surface area contributed by atoms with Gasteiger partial charge in [-0.2, -0.15) is 0 Å². The standard InChI is InChI=1S/C17H23BrN2O5/c1-10(19-16(24)25-17(2,3)4)14(21)20-13(15(22)23)9-11-5-7-12(18)8-6-11/h5-8,10,13H,9H2,1-4H3,(H,19,24)(H,20,21)(H,22,23)/t10-,13+/m1/s1. The number of carbonyl (C=O) groups excluding carboxylic acids is 2. The predicted octanol–water partition coefficient (Wildman–Crippen LogP) is 2.47. The summed E-state index contributed by atoms with van der Waals surface area (Å²) in [4.78, 5) is 35.2. The fraction of sp³-hybridized carbons (Fsp3) is 0.471. The third-order valence-corrected chi connectivity index (χ3v) is 3.62. The van der Waals surface area contributed by atoms with Gasteiger partial charge in [0.2, 0.25) is 5.91 Å². The number of benzene rings is 1. The number of rotatable bonds is 6. The smallest absolute Gasteiger partial charge is 0.408 e. The van der Waals surface area contributed by atoms with Crippen LogP contribution in [0.25, 0.3) is 0 Å². The number of amides is 2. The first-order valence-electron chi connectivity index (χ1n) is 7.75. The van der Waals surface area contributed by atoms with Gasteiger partial charge in [-0.1, -0.05) is 28.1 Å². The van der Waals surface area contributed by atoms with Gasteiger partial charge in [-0.3, -0.25) is 4.79 Å².